The first kappa shape index (κ1) is 20.3. The van der Waals surface area contributed by atoms with Crippen LogP contribution in [-0.2, 0) is 0 Å². The third-order valence-electron chi connectivity index (χ3n) is 4.67. The van der Waals surface area contributed by atoms with Crippen LogP contribution in [0.15, 0.2) is 0 Å². The molecule has 5 heteroatoms. The molecule has 0 radical (unpaired) electrons. The van der Waals surface area contributed by atoms with E-state index in [-0.39, 0.29) is 0 Å². The van der Waals surface area contributed by atoms with Gasteiger partial charge in [0, 0.05) is 0 Å². The summed E-state index contributed by atoms with van der Waals surface area (Å²) in [5.41, 5.74) is 0. The fourth-order valence-electron chi connectivity index (χ4n) is 3.14. The maximum absolute atomic E-state index is 3.89. The molecular weight excluding hydrogens is 278 g/mol. The second kappa shape index (κ2) is 10.1. The van der Waals surface area contributed by atoms with Gasteiger partial charge in [-0.3, -0.25) is 0 Å². The van der Waals surface area contributed by atoms with E-state index in [1.54, 1.807) is 0 Å². The lowest BCUT2D eigenvalue weighted by molar-refractivity contribution is 0.519. The van der Waals surface area contributed by atoms with E-state index >= 15 is 0 Å². The summed E-state index contributed by atoms with van der Waals surface area (Å²) in [6.45, 7) is 20.1. The Morgan fingerprint density at radius 2 is 1.20 bits per heavy atom. The topological polar surface area (TPSA) is 27.3 Å². The number of nitrogens with zero attached hydrogens (tertiary/aromatic N) is 1. The van der Waals surface area contributed by atoms with Crippen LogP contribution >= 0.6 is 0 Å². The van der Waals surface area contributed by atoms with E-state index in [9.17, 15) is 0 Å². The van der Waals surface area contributed by atoms with Crippen molar-refractivity contribution in [1.29, 1.82) is 0 Å². The van der Waals surface area contributed by atoms with Crippen molar-refractivity contribution >= 4 is 16.8 Å². The SMILES string of the molecule is CCCCCN([Si](C)(CC)NCC)[Si](C)(CC)NCC. The summed E-state index contributed by atoms with van der Waals surface area (Å²) in [5.74, 6) is 0. The van der Waals surface area contributed by atoms with Gasteiger partial charge in [-0.1, -0.05) is 47.5 Å². The summed E-state index contributed by atoms with van der Waals surface area (Å²) in [5, 5.41) is 0. The smallest absolute Gasteiger partial charge is 0.194 e. The Kier molecular flexibility index (Phi) is 10.3. The van der Waals surface area contributed by atoms with E-state index in [1.807, 2.05) is 0 Å². The van der Waals surface area contributed by atoms with Gasteiger partial charge in [0.1, 0.15) is 0 Å². The fraction of sp³-hybridized carbons (Fsp3) is 1.00. The second-order valence-corrected chi connectivity index (χ2v) is 14.9. The molecule has 0 spiro atoms. The molecule has 0 saturated heterocycles. The Morgan fingerprint density at radius 3 is 1.50 bits per heavy atom. The van der Waals surface area contributed by atoms with Crippen molar-refractivity contribution in [2.45, 2.75) is 79.1 Å². The van der Waals surface area contributed by atoms with Crippen LogP contribution in [-0.4, -0.2) is 40.7 Å². The van der Waals surface area contributed by atoms with Gasteiger partial charge in [0.25, 0.3) is 0 Å². The lowest BCUT2D eigenvalue weighted by atomic mass is 10.3. The molecule has 0 aromatic carbocycles. The van der Waals surface area contributed by atoms with Gasteiger partial charge >= 0.3 is 0 Å². The summed E-state index contributed by atoms with van der Waals surface area (Å²) < 4.78 is 2.95. The molecule has 0 aliphatic heterocycles. The van der Waals surface area contributed by atoms with Crippen molar-refractivity contribution in [1.82, 2.24) is 14.2 Å². The monoisotopic (exact) mass is 317 g/mol. The highest BCUT2D eigenvalue weighted by molar-refractivity contribution is 6.89. The fourth-order valence-corrected chi connectivity index (χ4v) is 13.4. The van der Waals surface area contributed by atoms with Gasteiger partial charge in [-0.05, 0) is 51.2 Å². The predicted octanol–water partition coefficient (Wildman–Crippen LogP) is 3.88. The molecule has 2 N–H and O–H groups in total. The average Bonchev–Trinajstić information content (AvgIpc) is 2.43. The maximum Gasteiger partial charge on any atom is 0.194 e. The highest BCUT2D eigenvalue weighted by Gasteiger charge is 2.43. The summed E-state index contributed by atoms with van der Waals surface area (Å²) >= 11 is 0. The Morgan fingerprint density at radius 1 is 0.750 bits per heavy atom. The molecule has 3 nitrogen and oxygen atoms in total. The number of rotatable bonds is 12. The molecule has 0 amide bonds. The standard InChI is InChI=1S/C15H39N3Si2/c1-8-13-14-15-18(19(6,11-4)16-9-2)20(7,12-5)17-10-3/h16-17H,8-15H2,1-7H3. The largest absolute Gasteiger partial charge is 0.326 e. The van der Waals surface area contributed by atoms with Crippen LogP contribution in [0.2, 0.25) is 25.2 Å². The predicted molar refractivity (Wildman–Crippen MR) is 97.8 cm³/mol. The van der Waals surface area contributed by atoms with E-state index in [0.29, 0.717) is 0 Å². The molecule has 20 heavy (non-hydrogen) atoms. The Hall–Kier alpha value is 0.314. The molecule has 0 saturated carbocycles. The van der Waals surface area contributed by atoms with Gasteiger partial charge in [0.05, 0.1) is 0 Å². The minimum Gasteiger partial charge on any atom is -0.326 e. The number of hydrogen-bond acceptors (Lipinski definition) is 3. The molecule has 0 bridgehead atoms. The molecule has 2 atom stereocenters. The van der Waals surface area contributed by atoms with Gasteiger partial charge in [-0.25, -0.2) is 0 Å². The van der Waals surface area contributed by atoms with Crippen molar-refractivity contribution in [2.24, 2.45) is 0 Å². The minimum atomic E-state index is -1.51. The van der Waals surface area contributed by atoms with Gasteiger partial charge in [-0.2, -0.15) is 0 Å². The van der Waals surface area contributed by atoms with Crippen LogP contribution in [0, 0.1) is 0 Å². The minimum absolute atomic E-state index is 1.10. The van der Waals surface area contributed by atoms with Gasteiger partial charge in [0.2, 0.25) is 0 Å². The van der Waals surface area contributed by atoms with Crippen LogP contribution in [0.25, 0.3) is 0 Å². The van der Waals surface area contributed by atoms with E-state index < -0.39 is 16.8 Å². The molecule has 0 aliphatic carbocycles. The van der Waals surface area contributed by atoms with E-state index in [0.717, 1.165) is 13.1 Å². The normalized spacial score (nSPS) is 18.0. The zero-order valence-corrected chi connectivity index (χ0v) is 17.1. The first-order valence-corrected chi connectivity index (χ1v) is 14.0. The van der Waals surface area contributed by atoms with Crippen LogP contribution in [0.3, 0.4) is 0 Å². The molecule has 2 unspecified atom stereocenters. The van der Waals surface area contributed by atoms with Gasteiger partial charge in [-0.15, -0.1) is 0 Å². The molecule has 0 aliphatic rings. The summed E-state index contributed by atoms with van der Waals surface area (Å²) in [4.78, 5) is 7.79. The van der Waals surface area contributed by atoms with Crippen molar-refractivity contribution in [3.63, 3.8) is 0 Å². The second-order valence-electron chi connectivity index (χ2n) is 6.17. The first-order chi connectivity index (χ1) is 9.44. The average molecular weight is 318 g/mol. The highest BCUT2D eigenvalue weighted by atomic mass is 28.4. The molecule has 0 rings (SSSR count). The van der Waals surface area contributed by atoms with Crippen LogP contribution in [0.5, 0.6) is 0 Å². The third-order valence-corrected chi connectivity index (χ3v) is 15.4. The summed E-state index contributed by atoms with van der Waals surface area (Å²) in [6.07, 6.45) is 4.01. The van der Waals surface area contributed by atoms with Crippen molar-refractivity contribution in [3.05, 3.63) is 0 Å². The van der Waals surface area contributed by atoms with E-state index in [2.05, 4.69) is 61.9 Å². The lowest BCUT2D eigenvalue weighted by Crippen LogP contribution is -2.75. The Labute approximate surface area is 130 Å². The quantitative estimate of drug-likeness (QED) is 0.422. The molecule has 0 heterocycles. The Bertz CT molecular complexity index is 233. The highest BCUT2D eigenvalue weighted by Crippen LogP contribution is 2.23. The van der Waals surface area contributed by atoms with Crippen LogP contribution in [0.1, 0.15) is 53.9 Å². The number of nitrogens with one attached hydrogen (secondary N) is 2. The summed E-state index contributed by atoms with van der Waals surface area (Å²) in [6, 6.07) is 2.59. The molecule has 0 aromatic rings. The zero-order chi connectivity index (χ0) is 15.6. The molecule has 0 fully saturated rings. The lowest BCUT2D eigenvalue weighted by Gasteiger charge is -2.49. The van der Waals surface area contributed by atoms with Gasteiger partial charge < -0.3 is 14.2 Å². The van der Waals surface area contributed by atoms with Crippen molar-refractivity contribution in [2.75, 3.05) is 19.6 Å². The maximum atomic E-state index is 3.89. The first-order valence-electron chi connectivity index (χ1n) is 8.71. The number of unbranched alkanes of at least 4 members (excludes halogenated alkanes) is 2. The zero-order valence-electron chi connectivity index (χ0n) is 15.1. The summed E-state index contributed by atoms with van der Waals surface area (Å²) in [7, 11) is -3.03. The molecular formula is C15H39N3Si2. The van der Waals surface area contributed by atoms with Crippen LogP contribution in [0.4, 0.5) is 0 Å². The Balaban J connectivity index is 5.21. The molecule has 122 valence electrons. The van der Waals surface area contributed by atoms with E-state index in [1.165, 1.54) is 37.9 Å². The van der Waals surface area contributed by atoms with E-state index in [4.69, 9.17) is 0 Å². The van der Waals surface area contributed by atoms with Crippen LogP contribution < -0.4 is 9.96 Å². The van der Waals surface area contributed by atoms with Crippen molar-refractivity contribution < 1.29 is 0 Å². The van der Waals surface area contributed by atoms with Gasteiger partial charge in [0.15, 0.2) is 16.8 Å². The molecule has 0 aromatic heterocycles. The number of hydrogen-bond donors (Lipinski definition) is 2. The van der Waals surface area contributed by atoms with Crippen molar-refractivity contribution in [3.8, 4) is 0 Å². The third kappa shape index (κ3) is 5.60.